The lowest BCUT2D eigenvalue weighted by atomic mass is 10.0. The van der Waals surface area contributed by atoms with E-state index in [-0.39, 0.29) is 21.9 Å². The molecule has 0 N–H and O–H groups in total. The number of carbonyl (C=O) groups is 2. The topological polar surface area (TPSA) is 86.5 Å². The van der Waals surface area contributed by atoms with Crippen LogP contribution in [-0.4, -0.2) is 17.2 Å². The number of esters is 1. The van der Waals surface area contributed by atoms with Crippen LogP contribution in [-0.2, 0) is 0 Å². The summed E-state index contributed by atoms with van der Waals surface area (Å²) in [6.07, 6.45) is 0.606. The second-order valence-corrected chi connectivity index (χ2v) is 5.54. The Kier molecular flexibility index (Phi) is 4.45. The Labute approximate surface area is 146 Å². The third-order valence-corrected chi connectivity index (χ3v) is 3.95. The first-order valence-corrected chi connectivity index (χ1v) is 7.52. The molecule has 0 radical (unpaired) electrons. The van der Waals surface area contributed by atoms with Gasteiger partial charge in [0.2, 0.25) is 0 Å². The van der Waals surface area contributed by atoms with Crippen LogP contribution in [0.5, 0.6) is 5.75 Å². The van der Waals surface area contributed by atoms with E-state index in [0.29, 0.717) is 11.7 Å². The molecular formula is C18H10ClNO5. The van der Waals surface area contributed by atoms with Crippen molar-refractivity contribution in [2.24, 2.45) is 0 Å². The number of hydrogen-bond acceptors (Lipinski definition) is 5. The summed E-state index contributed by atoms with van der Waals surface area (Å²) in [7, 11) is 0. The minimum Gasteiger partial charge on any atom is -0.422 e. The number of fused-ring (bicyclic) bond motifs is 1. The summed E-state index contributed by atoms with van der Waals surface area (Å²) in [5.74, 6) is -0.741. The molecule has 0 aliphatic rings. The van der Waals surface area contributed by atoms with Gasteiger partial charge in [-0.05, 0) is 29.0 Å². The molecule has 3 aromatic carbocycles. The SMILES string of the molecule is O=Cc1c(OC(=O)c2ccc(Cl)c([N+](=O)[O-])c2)ccc2ccccc12. The predicted octanol–water partition coefficient (Wildman–Crippen LogP) is 4.43. The molecule has 0 unspecified atom stereocenters. The molecule has 0 aliphatic heterocycles. The number of hydrogen-bond donors (Lipinski definition) is 0. The van der Waals surface area contributed by atoms with E-state index in [4.69, 9.17) is 16.3 Å². The van der Waals surface area contributed by atoms with Gasteiger partial charge in [-0.1, -0.05) is 41.9 Å². The molecule has 124 valence electrons. The van der Waals surface area contributed by atoms with Crippen molar-refractivity contribution in [2.75, 3.05) is 0 Å². The third kappa shape index (κ3) is 3.20. The van der Waals surface area contributed by atoms with Gasteiger partial charge in [0.05, 0.1) is 16.1 Å². The summed E-state index contributed by atoms with van der Waals surface area (Å²) in [6.45, 7) is 0. The van der Waals surface area contributed by atoms with E-state index in [0.717, 1.165) is 11.5 Å². The number of nitro benzene ring substituents is 1. The highest BCUT2D eigenvalue weighted by molar-refractivity contribution is 6.32. The average Bonchev–Trinajstić information content (AvgIpc) is 2.61. The Bertz CT molecular complexity index is 1020. The lowest BCUT2D eigenvalue weighted by Crippen LogP contribution is -2.10. The molecular weight excluding hydrogens is 346 g/mol. The Hall–Kier alpha value is -3.25. The van der Waals surface area contributed by atoms with Crippen LogP contribution in [0, 0.1) is 10.1 Å². The Morgan fingerprint density at radius 3 is 2.60 bits per heavy atom. The van der Waals surface area contributed by atoms with Crippen molar-refractivity contribution in [3.63, 3.8) is 0 Å². The summed E-state index contributed by atoms with van der Waals surface area (Å²) >= 11 is 5.73. The van der Waals surface area contributed by atoms with Crippen LogP contribution in [0.4, 0.5) is 5.69 Å². The lowest BCUT2D eigenvalue weighted by Gasteiger charge is -2.09. The number of nitrogens with zero attached hydrogens (tertiary/aromatic N) is 1. The summed E-state index contributed by atoms with van der Waals surface area (Å²) < 4.78 is 5.27. The first kappa shape index (κ1) is 16.6. The van der Waals surface area contributed by atoms with Gasteiger partial charge < -0.3 is 4.74 Å². The van der Waals surface area contributed by atoms with Gasteiger partial charge in [0, 0.05) is 6.07 Å². The Morgan fingerprint density at radius 1 is 1.12 bits per heavy atom. The zero-order chi connectivity index (χ0) is 18.0. The molecule has 0 spiro atoms. The minimum atomic E-state index is -0.821. The monoisotopic (exact) mass is 355 g/mol. The van der Waals surface area contributed by atoms with Crippen LogP contribution in [0.15, 0.2) is 54.6 Å². The molecule has 0 amide bonds. The largest absolute Gasteiger partial charge is 0.422 e. The maximum Gasteiger partial charge on any atom is 0.343 e. The minimum absolute atomic E-state index is 0.0406. The van der Waals surface area contributed by atoms with Crippen molar-refractivity contribution in [1.82, 2.24) is 0 Å². The summed E-state index contributed by atoms with van der Waals surface area (Å²) in [5.41, 5.74) is -0.207. The first-order valence-electron chi connectivity index (χ1n) is 7.14. The van der Waals surface area contributed by atoms with Gasteiger partial charge in [-0.2, -0.15) is 0 Å². The van der Waals surface area contributed by atoms with Crippen LogP contribution in [0.25, 0.3) is 10.8 Å². The molecule has 3 aromatic rings. The van der Waals surface area contributed by atoms with Gasteiger partial charge in [-0.25, -0.2) is 4.79 Å². The van der Waals surface area contributed by atoms with Crippen LogP contribution < -0.4 is 4.74 Å². The molecule has 0 heterocycles. The van der Waals surface area contributed by atoms with E-state index in [2.05, 4.69) is 0 Å². The molecule has 7 heteroatoms. The Balaban J connectivity index is 1.99. The smallest absolute Gasteiger partial charge is 0.343 e. The molecule has 0 atom stereocenters. The van der Waals surface area contributed by atoms with Crippen LogP contribution in [0.1, 0.15) is 20.7 Å². The maximum atomic E-state index is 12.3. The van der Waals surface area contributed by atoms with Gasteiger partial charge in [0.1, 0.15) is 10.8 Å². The summed E-state index contributed by atoms with van der Waals surface area (Å²) in [6, 6.07) is 14.0. The second kappa shape index (κ2) is 6.70. The molecule has 0 saturated carbocycles. The van der Waals surface area contributed by atoms with Crippen molar-refractivity contribution in [3.8, 4) is 5.75 Å². The number of benzene rings is 3. The number of halogens is 1. The number of aldehydes is 1. The van der Waals surface area contributed by atoms with Crippen molar-refractivity contribution < 1.29 is 19.2 Å². The molecule has 0 bridgehead atoms. The highest BCUT2D eigenvalue weighted by Crippen LogP contribution is 2.29. The lowest BCUT2D eigenvalue weighted by molar-refractivity contribution is -0.384. The molecule has 0 saturated heterocycles. The van der Waals surface area contributed by atoms with Gasteiger partial charge >= 0.3 is 5.97 Å². The van der Waals surface area contributed by atoms with E-state index < -0.39 is 16.6 Å². The van der Waals surface area contributed by atoms with Gasteiger partial charge in [-0.15, -0.1) is 0 Å². The van der Waals surface area contributed by atoms with Crippen LogP contribution in [0.3, 0.4) is 0 Å². The molecule has 6 nitrogen and oxygen atoms in total. The normalized spacial score (nSPS) is 10.4. The molecule has 25 heavy (non-hydrogen) atoms. The standard InChI is InChI=1S/C18H10ClNO5/c19-15-7-5-12(9-16(15)20(23)24)18(22)25-17-8-6-11-3-1-2-4-13(11)14(17)10-21/h1-10H. The number of nitro groups is 1. The average molecular weight is 356 g/mol. The third-order valence-electron chi connectivity index (χ3n) is 3.63. The van der Waals surface area contributed by atoms with Gasteiger partial charge in [0.15, 0.2) is 6.29 Å². The fourth-order valence-corrected chi connectivity index (χ4v) is 2.61. The number of carbonyl (C=O) groups excluding carboxylic acids is 2. The molecule has 0 aliphatic carbocycles. The van der Waals surface area contributed by atoms with E-state index >= 15 is 0 Å². The number of ether oxygens (including phenoxy) is 1. The highest BCUT2D eigenvalue weighted by atomic mass is 35.5. The van der Waals surface area contributed by atoms with E-state index in [9.17, 15) is 19.7 Å². The maximum absolute atomic E-state index is 12.3. The van der Waals surface area contributed by atoms with Crippen LogP contribution >= 0.6 is 11.6 Å². The van der Waals surface area contributed by atoms with Crippen molar-refractivity contribution in [1.29, 1.82) is 0 Å². The highest BCUT2D eigenvalue weighted by Gasteiger charge is 2.19. The van der Waals surface area contributed by atoms with E-state index in [1.54, 1.807) is 18.2 Å². The molecule has 0 fully saturated rings. The summed E-state index contributed by atoms with van der Waals surface area (Å²) in [5, 5.41) is 12.3. The van der Waals surface area contributed by atoms with E-state index in [1.807, 2.05) is 12.1 Å². The molecule has 3 rings (SSSR count). The van der Waals surface area contributed by atoms with Crippen LogP contribution in [0.2, 0.25) is 5.02 Å². The van der Waals surface area contributed by atoms with E-state index in [1.165, 1.54) is 18.2 Å². The van der Waals surface area contributed by atoms with Crippen molar-refractivity contribution in [3.05, 3.63) is 80.9 Å². The number of rotatable bonds is 4. The zero-order valence-electron chi connectivity index (χ0n) is 12.6. The quantitative estimate of drug-likeness (QED) is 0.227. The Morgan fingerprint density at radius 2 is 1.88 bits per heavy atom. The fraction of sp³-hybridized carbons (Fsp3) is 0. The first-order chi connectivity index (χ1) is 12.0. The van der Waals surface area contributed by atoms with Crippen molar-refractivity contribution >= 4 is 40.3 Å². The van der Waals surface area contributed by atoms with Crippen molar-refractivity contribution in [2.45, 2.75) is 0 Å². The fourth-order valence-electron chi connectivity index (χ4n) is 2.42. The van der Waals surface area contributed by atoms with Gasteiger partial charge in [-0.3, -0.25) is 14.9 Å². The predicted molar refractivity (Wildman–Crippen MR) is 92.4 cm³/mol. The summed E-state index contributed by atoms with van der Waals surface area (Å²) in [4.78, 5) is 34.0. The second-order valence-electron chi connectivity index (χ2n) is 5.13. The molecule has 0 aromatic heterocycles. The zero-order valence-corrected chi connectivity index (χ0v) is 13.4. The van der Waals surface area contributed by atoms with Gasteiger partial charge in [0.25, 0.3) is 5.69 Å².